The summed E-state index contributed by atoms with van der Waals surface area (Å²) in [7, 11) is 0. The highest BCUT2D eigenvalue weighted by atomic mass is 79.9. The molecule has 0 aliphatic carbocycles. The molecule has 4 heteroatoms. The van der Waals surface area contributed by atoms with Gasteiger partial charge >= 0.3 is 0 Å². The molecule has 0 aliphatic rings. The monoisotopic (exact) mass is 426 g/mol. The molecule has 2 rings (SSSR count). The Hall–Kier alpha value is -0.610. The summed E-state index contributed by atoms with van der Waals surface area (Å²) in [6.07, 6.45) is 11.5. The number of benzene rings is 1. The molecule has 1 heterocycles. The Balaban J connectivity index is 1.43. The first kappa shape index (κ1) is 17.7. The Labute approximate surface area is 150 Å². The first-order valence-corrected chi connectivity index (χ1v) is 9.78. The van der Waals surface area contributed by atoms with Gasteiger partial charge in [0.25, 0.3) is 0 Å². The molecule has 0 aliphatic heterocycles. The van der Waals surface area contributed by atoms with Crippen molar-refractivity contribution in [3.63, 3.8) is 0 Å². The summed E-state index contributed by atoms with van der Waals surface area (Å²) in [5.41, 5.74) is 1.47. The zero-order chi connectivity index (χ0) is 15.6. The van der Waals surface area contributed by atoms with Crippen molar-refractivity contribution in [2.75, 3.05) is 0 Å². The molecule has 0 amide bonds. The van der Waals surface area contributed by atoms with Crippen molar-refractivity contribution in [3.05, 3.63) is 50.9 Å². The van der Waals surface area contributed by atoms with Gasteiger partial charge in [-0.25, -0.2) is 4.98 Å². The van der Waals surface area contributed by atoms with Crippen LogP contribution in [0, 0.1) is 0 Å². The van der Waals surface area contributed by atoms with Gasteiger partial charge in [-0.2, -0.15) is 0 Å². The average Bonchev–Trinajstić information content (AvgIpc) is 2.85. The van der Waals surface area contributed by atoms with E-state index in [2.05, 4.69) is 72.2 Å². The Morgan fingerprint density at radius 3 is 1.95 bits per heavy atom. The van der Waals surface area contributed by atoms with Crippen LogP contribution in [-0.4, -0.2) is 9.97 Å². The van der Waals surface area contributed by atoms with Crippen LogP contribution < -0.4 is 0 Å². The van der Waals surface area contributed by atoms with Gasteiger partial charge in [0.1, 0.15) is 15.0 Å². The molecule has 2 nitrogen and oxygen atoms in total. The molecule has 0 unspecified atom stereocenters. The van der Waals surface area contributed by atoms with Crippen molar-refractivity contribution in [1.82, 2.24) is 9.97 Å². The highest BCUT2D eigenvalue weighted by Gasteiger charge is 2.04. The molecule has 0 fully saturated rings. The van der Waals surface area contributed by atoms with Gasteiger partial charge in [-0.15, -0.1) is 0 Å². The number of H-pyrrole nitrogens is 1. The van der Waals surface area contributed by atoms with E-state index in [4.69, 9.17) is 0 Å². The topological polar surface area (TPSA) is 28.7 Å². The highest BCUT2D eigenvalue weighted by Crippen LogP contribution is 2.20. The molecule has 22 heavy (non-hydrogen) atoms. The van der Waals surface area contributed by atoms with E-state index < -0.39 is 0 Å². The predicted octanol–water partition coefficient (Wildman–Crippen LogP) is 6.45. The molecule has 0 radical (unpaired) electrons. The summed E-state index contributed by atoms with van der Waals surface area (Å²) in [4.78, 5) is 7.65. The normalized spacial score (nSPS) is 11.0. The molecule has 0 atom stereocenters. The molecular weight excluding hydrogens is 404 g/mol. The standard InChI is InChI=1S/C18H24Br2N2/c19-17-18(20)22-16(21-17)14-10-5-3-1-2-4-7-11-15-12-8-6-9-13-15/h6,8-9,12-13H,1-5,7,10-11,14H2,(H,21,22). The maximum absolute atomic E-state index is 4.41. The minimum absolute atomic E-state index is 0.876. The van der Waals surface area contributed by atoms with Gasteiger partial charge in [-0.05, 0) is 56.7 Å². The van der Waals surface area contributed by atoms with Crippen LogP contribution in [0.15, 0.2) is 39.5 Å². The van der Waals surface area contributed by atoms with E-state index in [1.807, 2.05) is 0 Å². The van der Waals surface area contributed by atoms with Crippen LogP contribution in [0.5, 0.6) is 0 Å². The van der Waals surface area contributed by atoms with Gasteiger partial charge < -0.3 is 4.98 Å². The van der Waals surface area contributed by atoms with Crippen molar-refractivity contribution in [3.8, 4) is 0 Å². The van der Waals surface area contributed by atoms with Crippen molar-refractivity contribution in [2.45, 2.75) is 57.8 Å². The number of rotatable bonds is 10. The zero-order valence-corrected chi connectivity index (χ0v) is 16.1. The van der Waals surface area contributed by atoms with Crippen molar-refractivity contribution in [2.24, 2.45) is 0 Å². The summed E-state index contributed by atoms with van der Waals surface area (Å²) in [6, 6.07) is 10.8. The minimum Gasteiger partial charge on any atom is -0.336 e. The van der Waals surface area contributed by atoms with Gasteiger partial charge in [0.15, 0.2) is 0 Å². The Morgan fingerprint density at radius 2 is 1.36 bits per heavy atom. The molecule has 1 aromatic carbocycles. The zero-order valence-electron chi connectivity index (χ0n) is 13.0. The molecule has 0 saturated heterocycles. The summed E-state index contributed by atoms with van der Waals surface area (Å²) < 4.78 is 1.82. The van der Waals surface area contributed by atoms with Crippen molar-refractivity contribution >= 4 is 31.9 Å². The number of unbranched alkanes of at least 4 members (excludes halogenated alkanes) is 6. The van der Waals surface area contributed by atoms with Crippen LogP contribution in [-0.2, 0) is 12.8 Å². The van der Waals surface area contributed by atoms with Gasteiger partial charge in [-0.3, -0.25) is 0 Å². The second kappa shape index (κ2) is 10.2. The summed E-state index contributed by atoms with van der Waals surface area (Å²) in [5, 5.41) is 0. The maximum Gasteiger partial charge on any atom is 0.138 e. The number of aryl methyl sites for hydroxylation is 2. The fourth-order valence-electron chi connectivity index (χ4n) is 2.64. The SMILES string of the molecule is Brc1nc(CCCCCCCCCc2ccccc2)[nH]c1Br. The summed E-state index contributed by atoms with van der Waals surface area (Å²) in [6.45, 7) is 0. The van der Waals surface area contributed by atoms with E-state index in [1.165, 1.54) is 56.9 Å². The lowest BCUT2D eigenvalue weighted by Crippen LogP contribution is -1.89. The maximum atomic E-state index is 4.41. The van der Waals surface area contributed by atoms with E-state index in [0.29, 0.717) is 0 Å². The Bertz CT molecular complexity index is 518. The van der Waals surface area contributed by atoms with Crippen molar-refractivity contribution < 1.29 is 0 Å². The van der Waals surface area contributed by atoms with E-state index >= 15 is 0 Å². The molecule has 0 spiro atoms. The third-order valence-electron chi connectivity index (χ3n) is 3.89. The van der Waals surface area contributed by atoms with Crippen LogP contribution in [0.1, 0.15) is 56.3 Å². The van der Waals surface area contributed by atoms with Crippen LogP contribution in [0.2, 0.25) is 0 Å². The third-order valence-corrected chi connectivity index (χ3v) is 5.57. The molecule has 120 valence electrons. The molecule has 1 N–H and O–H groups in total. The number of halogens is 2. The first-order valence-electron chi connectivity index (χ1n) is 8.19. The number of imidazole rings is 1. The lowest BCUT2D eigenvalue weighted by Gasteiger charge is -2.02. The lowest BCUT2D eigenvalue weighted by molar-refractivity contribution is 0.576. The molecule has 0 saturated carbocycles. The number of aromatic nitrogens is 2. The average molecular weight is 428 g/mol. The highest BCUT2D eigenvalue weighted by molar-refractivity contribution is 9.13. The van der Waals surface area contributed by atoms with Gasteiger partial charge in [0.05, 0.1) is 0 Å². The van der Waals surface area contributed by atoms with Gasteiger partial charge in [0, 0.05) is 6.42 Å². The molecule has 1 aromatic heterocycles. The number of hydrogen-bond donors (Lipinski definition) is 1. The largest absolute Gasteiger partial charge is 0.336 e. The van der Waals surface area contributed by atoms with Crippen LogP contribution in [0.4, 0.5) is 0 Å². The fraction of sp³-hybridized carbons (Fsp3) is 0.500. The minimum atomic E-state index is 0.876. The van der Waals surface area contributed by atoms with Crippen molar-refractivity contribution in [1.29, 1.82) is 0 Å². The second-order valence-electron chi connectivity index (χ2n) is 5.75. The smallest absolute Gasteiger partial charge is 0.138 e. The van der Waals surface area contributed by atoms with E-state index in [0.717, 1.165) is 21.5 Å². The predicted molar refractivity (Wildman–Crippen MR) is 100 cm³/mol. The lowest BCUT2D eigenvalue weighted by atomic mass is 10.0. The number of nitrogens with one attached hydrogen (secondary N) is 1. The number of aromatic amines is 1. The molecule has 2 aromatic rings. The summed E-state index contributed by atoms with van der Waals surface area (Å²) in [5.74, 6) is 1.07. The van der Waals surface area contributed by atoms with Crippen LogP contribution in [0.3, 0.4) is 0 Å². The quantitative estimate of drug-likeness (QED) is 0.433. The van der Waals surface area contributed by atoms with Gasteiger partial charge in [0.2, 0.25) is 0 Å². The fourth-order valence-corrected chi connectivity index (χ4v) is 3.27. The van der Waals surface area contributed by atoms with Crippen LogP contribution >= 0.6 is 31.9 Å². The van der Waals surface area contributed by atoms with Gasteiger partial charge in [-0.1, -0.05) is 62.4 Å². The number of hydrogen-bond acceptors (Lipinski definition) is 1. The summed E-state index contributed by atoms with van der Waals surface area (Å²) >= 11 is 6.83. The van der Waals surface area contributed by atoms with Crippen LogP contribution in [0.25, 0.3) is 0 Å². The second-order valence-corrected chi connectivity index (χ2v) is 7.29. The van der Waals surface area contributed by atoms with E-state index in [1.54, 1.807) is 0 Å². The Morgan fingerprint density at radius 1 is 0.773 bits per heavy atom. The number of nitrogens with zero attached hydrogens (tertiary/aromatic N) is 1. The third kappa shape index (κ3) is 6.66. The Kier molecular flexibility index (Phi) is 8.24. The molecule has 0 bridgehead atoms. The van der Waals surface area contributed by atoms with E-state index in [9.17, 15) is 0 Å². The first-order chi connectivity index (χ1) is 10.8. The van der Waals surface area contributed by atoms with E-state index in [-0.39, 0.29) is 0 Å². The molecular formula is C18H24Br2N2.